The first kappa shape index (κ1) is 23.2. The molecule has 0 saturated carbocycles. The van der Waals surface area contributed by atoms with Gasteiger partial charge in [-0.25, -0.2) is 0 Å². The van der Waals surface area contributed by atoms with Crippen LogP contribution < -0.4 is 4.74 Å². The summed E-state index contributed by atoms with van der Waals surface area (Å²) in [5, 5.41) is 9.84. The summed E-state index contributed by atoms with van der Waals surface area (Å²) in [4.78, 5) is 0. The highest BCUT2D eigenvalue weighted by atomic mass is 28.4. The van der Waals surface area contributed by atoms with Crippen molar-refractivity contribution in [3.05, 3.63) is 29.8 Å². The van der Waals surface area contributed by atoms with E-state index in [9.17, 15) is 5.11 Å². The molecule has 0 bridgehead atoms. The molecule has 0 heterocycles. The van der Waals surface area contributed by atoms with Gasteiger partial charge in [0.15, 0.2) is 8.32 Å². The molecule has 0 amide bonds. The molecule has 0 aliphatic carbocycles. The van der Waals surface area contributed by atoms with Crippen molar-refractivity contribution in [1.82, 2.24) is 0 Å². The number of benzene rings is 1. The third-order valence-corrected chi connectivity index (χ3v) is 10.0. The summed E-state index contributed by atoms with van der Waals surface area (Å²) in [5.41, 5.74) is 1.10. The smallest absolute Gasteiger partial charge is 0.191 e. The highest BCUT2D eigenvalue weighted by Gasteiger charge is 2.38. The molecule has 26 heavy (non-hydrogen) atoms. The van der Waals surface area contributed by atoms with E-state index < -0.39 is 8.32 Å². The van der Waals surface area contributed by atoms with Crippen molar-refractivity contribution in [2.75, 3.05) is 20.3 Å². The topological polar surface area (TPSA) is 47.9 Å². The number of methoxy groups -OCH3 is 1. The van der Waals surface area contributed by atoms with E-state index in [2.05, 4.69) is 40.8 Å². The molecule has 3 atom stereocenters. The fraction of sp³-hybridized carbons (Fsp3) is 0.714. The lowest BCUT2D eigenvalue weighted by atomic mass is 9.94. The van der Waals surface area contributed by atoms with Crippen molar-refractivity contribution >= 4 is 8.32 Å². The maximum atomic E-state index is 9.65. The standard InChI is InChI=1S/C21H38O4Si/c1-16(13-22)20(17(2)14-25-26(7,8)21(3,4)5)24-15-18-9-11-19(23-6)12-10-18/h9-12,16-17,20,22H,13-15H2,1-8H3/t16?,17-,20-/m0/s1. The van der Waals surface area contributed by atoms with Crippen molar-refractivity contribution < 1.29 is 19.0 Å². The summed E-state index contributed by atoms with van der Waals surface area (Å²) in [6.07, 6.45) is -0.0492. The zero-order valence-corrected chi connectivity index (χ0v) is 18.8. The van der Waals surface area contributed by atoms with E-state index in [-0.39, 0.29) is 29.6 Å². The Morgan fingerprint density at radius 1 is 1.04 bits per heavy atom. The molecule has 1 aromatic carbocycles. The Morgan fingerprint density at radius 3 is 2.08 bits per heavy atom. The van der Waals surface area contributed by atoms with Gasteiger partial charge in [-0.3, -0.25) is 0 Å². The van der Waals surface area contributed by atoms with Gasteiger partial charge in [0.1, 0.15) is 5.75 Å². The van der Waals surface area contributed by atoms with Crippen LogP contribution in [0.3, 0.4) is 0 Å². The molecular formula is C21H38O4Si. The Labute approximate surface area is 161 Å². The number of ether oxygens (including phenoxy) is 2. The number of hydrogen-bond donors (Lipinski definition) is 1. The SMILES string of the molecule is COc1ccc(CO[C@@H](C(C)CO)[C@@H](C)CO[Si](C)(C)C(C)(C)C)cc1. The van der Waals surface area contributed by atoms with Gasteiger partial charge in [0.25, 0.3) is 0 Å². The van der Waals surface area contributed by atoms with E-state index in [1.165, 1.54) is 0 Å². The second-order valence-corrected chi connectivity index (χ2v) is 13.6. The van der Waals surface area contributed by atoms with Gasteiger partial charge in [-0.2, -0.15) is 0 Å². The molecule has 4 nitrogen and oxygen atoms in total. The summed E-state index contributed by atoms with van der Waals surface area (Å²) in [6, 6.07) is 7.90. The highest BCUT2D eigenvalue weighted by molar-refractivity contribution is 6.74. The number of hydrogen-bond acceptors (Lipinski definition) is 4. The Morgan fingerprint density at radius 2 is 1.62 bits per heavy atom. The highest BCUT2D eigenvalue weighted by Crippen LogP contribution is 2.37. The van der Waals surface area contributed by atoms with Crippen LogP contribution in [0.15, 0.2) is 24.3 Å². The van der Waals surface area contributed by atoms with Crippen molar-refractivity contribution in [3.8, 4) is 5.75 Å². The van der Waals surface area contributed by atoms with E-state index >= 15 is 0 Å². The maximum Gasteiger partial charge on any atom is 0.191 e. The lowest BCUT2D eigenvalue weighted by Gasteiger charge is -2.38. The minimum absolute atomic E-state index is 0.0492. The molecule has 0 aliphatic heterocycles. The fourth-order valence-corrected chi connectivity index (χ4v) is 3.67. The second kappa shape index (κ2) is 9.88. The van der Waals surface area contributed by atoms with Crippen LogP contribution in [-0.4, -0.2) is 39.9 Å². The molecule has 1 N–H and O–H groups in total. The molecule has 0 aromatic heterocycles. The quantitative estimate of drug-likeness (QED) is 0.587. The summed E-state index contributed by atoms with van der Waals surface area (Å²) in [7, 11) is -0.127. The van der Waals surface area contributed by atoms with E-state index in [0.717, 1.165) is 11.3 Å². The summed E-state index contributed by atoms with van der Waals surface area (Å²) in [5.74, 6) is 1.11. The molecular weight excluding hydrogens is 344 g/mol. The minimum Gasteiger partial charge on any atom is -0.497 e. The van der Waals surface area contributed by atoms with Gasteiger partial charge in [-0.05, 0) is 35.8 Å². The average Bonchev–Trinajstić information content (AvgIpc) is 2.59. The van der Waals surface area contributed by atoms with Crippen LogP contribution in [-0.2, 0) is 15.8 Å². The van der Waals surface area contributed by atoms with Crippen LogP contribution in [0.1, 0.15) is 40.2 Å². The molecule has 0 radical (unpaired) electrons. The van der Waals surface area contributed by atoms with Gasteiger partial charge in [0, 0.05) is 25.0 Å². The minimum atomic E-state index is -1.79. The molecule has 5 heteroatoms. The Balaban J connectivity index is 2.70. The molecule has 0 spiro atoms. The van der Waals surface area contributed by atoms with Crippen molar-refractivity contribution in [3.63, 3.8) is 0 Å². The monoisotopic (exact) mass is 382 g/mol. The summed E-state index contributed by atoms with van der Waals surface area (Å²) >= 11 is 0. The fourth-order valence-electron chi connectivity index (χ4n) is 2.56. The molecule has 1 aromatic rings. The van der Waals surface area contributed by atoms with Crippen molar-refractivity contribution in [2.24, 2.45) is 11.8 Å². The van der Waals surface area contributed by atoms with Crippen molar-refractivity contribution in [1.29, 1.82) is 0 Å². The molecule has 1 rings (SSSR count). The maximum absolute atomic E-state index is 9.65. The second-order valence-electron chi connectivity index (χ2n) is 8.83. The van der Waals surface area contributed by atoms with Gasteiger partial charge in [0.2, 0.25) is 0 Å². The Bertz CT molecular complexity index is 522. The third-order valence-electron chi connectivity index (χ3n) is 5.52. The number of aliphatic hydroxyl groups is 1. The van der Waals surface area contributed by atoms with Gasteiger partial charge < -0.3 is 19.0 Å². The predicted octanol–water partition coefficient (Wildman–Crippen LogP) is 4.87. The van der Waals surface area contributed by atoms with Crippen LogP contribution >= 0.6 is 0 Å². The number of rotatable bonds is 10. The Kier molecular flexibility index (Phi) is 8.80. The zero-order valence-electron chi connectivity index (χ0n) is 17.8. The van der Waals surface area contributed by atoms with Gasteiger partial charge >= 0.3 is 0 Å². The first-order valence-electron chi connectivity index (χ1n) is 9.51. The Hall–Kier alpha value is -0.883. The molecule has 0 aliphatic rings. The van der Waals surface area contributed by atoms with E-state index in [1.807, 2.05) is 31.2 Å². The largest absolute Gasteiger partial charge is 0.497 e. The van der Waals surface area contributed by atoms with Gasteiger partial charge in [0.05, 0.1) is 19.8 Å². The zero-order chi connectivity index (χ0) is 20.0. The van der Waals surface area contributed by atoms with E-state index in [0.29, 0.717) is 13.2 Å². The molecule has 0 saturated heterocycles. The molecule has 0 fully saturated rings. The third kappa shape index (κ3) is 6.69. The lowest BCUT2D eigenvalue weighted by molar-refractivity contribution is -0.0521. The predicted molar refractivity (Wildman–Crippen MR) is 110 cm³/mol. The van der Waals surface area contributed by atoms with E-state index in [4.69, 9.17) is 13.9 Å². The lowest BCUT2D eigenvalue weighted by Crippen LogP contribution is -2.43. The molecule has 150 valence electrons. The summed E-state index contributed by atoms with van der Waals surface area (Å²) in [6.45, 7) is 16.7. The van der Waals surface area contributed by atoms with Crippen molar-refractivity contribution in [2.45, 2.75) is 65.5 Å². The van der Waals surface area contributed by atoms with Crippen LogP contribution in [0.2, 0.25) is 18.1 Å². The number of aliphatic hydroxyl groups excluding tert-OH is 1. The van der Waals surface area contributed by atoms with Gasteiger partial charge in [-0.1, -0.05) is 46.8 Å². The normalized spacial score (nSPS) is 16.2. The first-order chi connectivity index (χ1) is 12.0. The summed E-state index contributed by atoms with van der Waals surface area (Å²) < 4.78 is 17.8. The van der Waals surface area contributed by atoms with Crippen LogP contribution in [0, 0.1) is 11.8 Å². The van der Waals surface area contributed by atoms with Crippen LogP contribution in [0.25, 0.3) is 0 Å². The van der Waals surface area contributed by atoms with E-state index in [1.54, 1.807) is 7.11 Å². The first-order valence-corrected chi connectivity index (χ1v) is 12.4. The van der Waals surface area contributed by atoms with Crippen LogP contribution in [0.5, 0.6) is 5.75 Å². The van der Waals surface area contributed by atoms with Crippen LogP contribution in [0.4, 0.5) is 0 Å². The average molecular weight is 383 g/mol. The van der Waals surface area contributed by atoms with Gasteiger partial charge in [-0.15, -0.1) is 0 Å². The molecule has 1 unspecified atom stereocenters.